The zero-order valence-corrected chi connectivity index (χ0v) is 7.37. The van der Waals surface area contributed by atoms with Crippen LogP contribution in [-0.4, -0.2) is 52.0 Å². The minimum atomic E-state index is -1.28. The van der Waals surface area contributed by atoms with Crippen molar-refractivity contribution in [2.45, 2.75) is 43.6 Å². The molecule has 0 aromatic rings. The Balaban J connectivity index is 2.70. The SMILES string of the molecule is C[C@H](N)[C@H]1O[C@H](O)[C@H](N)[C@@H](O)[C@@H]1O. The van der Waals surface area contributed by atoms with Gasteiger partial charge in [0.25, 0.3) is 0 Å². The fraction of sp³-hybridized carbons (Fsp3) is 1.00. The van der Waals surface area contributed by atoms with Crippen molar-refractivity contribution in [2.24, 2.45) is 11.5 Å². The van der Waals surface area contributed by atoms with Crippen LogP contribution in [0, 0.1) is 0 Å². The molecule has 0 bridgehead atoms. The minimum absolute atomic E-state index is 0.480. The highest BCUT2D eigenvalue weighted by Crippen LogP contribution is 2.19. The molecule has 1 aliphatic rings. The molecule has 6 atom stereocenters. The van der Waals surface area contributed by atoms with Crippen LogP contribution in [0.2, 0.25) is 0 Å². The van der Waals surface area contributed by atoms with E-state index in [-0.39, 0.29) is 0 Å². The van der Waals surface area contributed by atoms with Crippen LogP contribution in [0.15, 0.2) is 0 Å². The Bertz CT molecular complexity index is 178. The van der Waals surface area contributed by atoms with E-state index >= 15 is 0 Å². The smallest absolute Gasteiger partial charge is 0.172 e. The zero-order chi connectivity index (χ0) is 10.2. The van der Waals surface area contributed by atoms with Crippen LogP contribution in [0.1, 0.15) is 6.92 Å². The standard InChI is InChI=1S/C7H16N2O4/c1-2(8)6-5(11)4(10)3(9)7(12)13-6/h2-7,10-12H,8-9H2,1H3/t2-,3+,4+,5-,6+,7-/m0/s1. The monoisotopic (exact) mass is 192 g/mol. The highest BCUT2D eigenvalue weighted by Gasteiger charge is 2.43. The van der Waals surface area contributed by atoms with Gasteiger partial charge in [0, 0.05) is 6.04 Å². The molecule has 1 rings (SSSR count). The van der Waals surface area contributed by atoms with E-state index in [0.717, 1.165) is 0 Å². The molecule has 1 aliphatic heterocycles. The van der Waals surface area contributed by atoms with Gasteiger partial charge in [-0.25, -0.2) is 0 Å². The number of ether oxygens (including phenoxy) is 1. The molecule has 0 aromatic heterocycles. The molecule has 0 aliphatic carbocycles. The van der Waals surface area contributed by atoms with E-state index in [1.807, 2.05) is 0 Å². The Hall–Kier alpha value is -0.240. The second-order valence-corrected chi connectivity index (χ2v) is 3.41. The maximum absolute atomic E-state index is 9.45. The van der Waals surface area contributed by atoms with Gasteiger partial charge in [-0.1, -0.05) is 0 Å². The Labute approximate surface area is 76.1 Å². The molecule has 1 saturated heterocycles. The zero-order valence-electron chi connectivity index (χ0n) is 7.37. The Kier molecular flexibility index (Phi) is 3.23. The van der Waals surface area contributed by atoms with Crippen LogP contribution >= 0.6 is 0 Å². The van der Waals surface area contributed by atoms with Crippen molar-refractivity contribution in [1.82, 2.24) is 0 Å². The average Bonchev–Trinajstić information content (AvgIpc) is 2.07. The van der Waals surface area contributed by atoms with Crippen molar-refractivity contribution < 1.29 is 20.1 Å². The summed E-state index contributed by atoms with van der Waals surface area (Å²) in [4.78, 5) is 0. The summed E-state index contributed by atoms with van der Waals surface area (Å²) in [5.74, 6) is 0. The van der Waals surface area contributed by atoms with Crippen LogP contribution in [0.4, 0.5) is 0 Å². The predicted octanol–water partition coefficient (Wildman–Crippen LogP) is -2.90. The van der Waals surface area contributed by atoms with Crippen LogP contribution in [0.3, 0.4) is 0 Å². The minimum Gasteiger partial charge on any atom is -0.388 e. The first-order chi connectivity index (χ1) is 5.95. The lowest BCUT2D eigenvalue weighted by Gasteiger charge is -2.40. The Morgan fingerprint density at radius 3 is 2.23 bits per heavy atom. The van der Waals surface area contributed by atoms with Crippen molar-refractivity contribution in [2.75, 3.05) is 0 Å². The molecule has 0 amide bonds. The van der Waals surface area contributed by atoms with Gasteiger partial charge in [-0.2, -0.15) is 0 Å². The van der Waals surface area contributed by atoms with Crippen molar-refractivity contribution >= 4 is 0 Å². The number of rotatable bonds is 1. The van der Waals surface area contributed by atoms with Crippen molar-refractivity contribution in [3.05, 3.63) is 0 Å². The number of hydrogen-bond donors (Lipinski definition) is 5. The molecule has 6 nitrogen and oxygen atoms in total. The third-order valence-corrected chi connectivity index (χ3v) is 2.22. The van der Waals surface area contributed by atoms with Gasteiger partial charge >= 0.3 is 0 Å². The molecule has 7 N–H and O–H groups in total. The summed E-state index contributed by atoms with van der Waals surface area (Å²) in [6.45, 7) is 1.62. The lowest BCUT2D eigenvalue weighted by Crippen LogP contribution is -2.64. The van der Waals surface area contributed by atoms with Gasteiger partial charge in [0.2, 0.25) is 0 Å². The normalized spacial score (nSPS) is 48.9. The van der Waals surface area contributed by atoms with Crippen molar-refractivity contribution in [1.29, 1.82) is 0 Å². The van der Waals surface area contributed by atoms with E-state index in [1.54, 1.807) is 6.92 Å². The van der Waals surface area contributed by atoms with E-state index in [0.29, 0.717) is 0 Å². The molecule has 6 heteroatoms. The summed E-state index contributed by atoms with van der Waals surface area (Å²) in [6, 6.07) is -1.48. The largest absolute Gasteiger partial charge is 0.388 e. The molecule has 13 heavy (non-hydrogen) atoms. The first kappa shape index (κ1) is 10.8. The molecule has 0 radical (unpaired) electrons. The molecule has 0 saturated carbocycles. The summed E-state index contributed by atoms with van der Waals surface area (Å²) in [6.07, 6.45) is -4.43. The van der Waals surface area contributed by atoms with Gasteiger partial charge in [-0.15, -0.1) is 0 Å². The second-order valence-electron chi connectivity index (χ2n) is 3.41. The van der Waals surface area contributed by atoms with E-state index in [1.165, 1.54) is 0 Å². The van der Waals surface area contributed by atoms with Crippen molar-refractivity contribution in [3.8, 4) is 0 Å². The molecule has 1 heterocycles. The molecule has 0 unspecified atom stereocenters. The number of hydrogen-bond acceptors (Lipinski definition) is 6. The molecular weight excluding hydrogens is 176 g/mol. The highest BCUT2D eigenvalue weighted by atomic mass is 16.6. The quantitative estimate of drug-likeness (QED) is 0.304. The van der Waals surface area contributed by atoms with Gasteiger partial charge in [0.15, 0.2) is 6.29 Å². The topological polar surface area (TPSA) is 122 Å². The van der Waals surface area contributed by atoms with Gasteiger partial charge in [-0.3, -0.25) is 0 Å². The fourth-order valence-electron chi connectivity index (χ4n) is 1.36. The van der Waals surface area contributed by atoms with Gasteiger partial charge in [-0.05, 0) is 6.92 Å². The van der Waals surface area contributed by atoms with Gasteiger partial charge in [0.1, 0.15) is 18.3 Å². The molecule has 0 spiro atoms. The summed E-state index contributed by atoms with van der Waals surface area (Å²) < 4.78 is 4.94. The predicted molar refractivity (Wildman–Crippen MR) is 44.5 cm³/mol. The molecule has 78 valence electrons. The van der Waals surface area contributed by atoms with E-state index in [4.69, 9.17) is 16.2 Å². The van der Waals surface area contributed by atoms with Crippen LogP contribution in [0.5, 0.6) is 0 Å². The van der Waals surface area contributed by atoms with Gasteiger partial charge < -0.3 is 31.5 Å². The third-order valence-electron chi connectivity index (χ3n) is 2.22. The van der Waals surface area contributed by atoms with E-state index < -0.39 is 36.7 Å². The first-order valence-electron chi connectivity index (χ1n) is 4.16. The summed E-state index contributed by atoms with van der Waals surface area (Å²) >= 11 is 0. The second kappa shape index (κ2) is 3.87. The van der Waals surface area contributed by atoms with Crippen LogP contribution in [0.25, 0.3) is 0 Å². The number of nitrogens with two attached hydrogens (primary N) is 2. The third kappa shape index (κ3) is 1.98. The lowest BCUT2D eigenvalue weighted by molar-refractivity contribution is -0.245. The summed E-state index contributed by atoms with van der Waals surface area (Å²) in [7, 11) is 0. The van der Waals surface area contributed by atoms with E-state index in [2.05, 4.69) is 0 Å². The van der Waals surface area contributed by atoms with Gasteiger partial charge in [0.05, 0.1) is 6.04 Å². The van der Waals surface area contributed by atoms with E-state index in [9.17, 15) is 15.3 Å². The maximum atomic E-state index is 9.45. The fourth-order valence-corrected chi connectivity index (χ4v) is 1.36. The summed E-state index contributed by atoms with van der Waals surface area (Å²) in [5, 5.41) is 28.0. The number of aliphatic hydroxyl groups is 3. The van der Waals surface area contributed by atoms with Crippen LogP contribution in [-0.2, 0) is 4.74 Å². The molecular formula is C7H16N2O4. The van der Waals surface area contributed by atoms with Crippen molar-refractivity contribution in [3.63, 3.8) is 0 Å². The average molecular weight is 192 g/mol. The summed E-state index contributed by atoms with van der Waals surface area (Å²) in [5.41, 5.74) is 10.8. The first-order valence-corrected chi connectivity index (χ1v) is 4.16. The Morgan fingerprint density at radius 2 is 1.77 bits per heavy atom. The molecule has 0 aromatic carbocycles. The lowest BCUT2D eigenvalue weighted by atomic mass is 9.94. The number of aliphatic hydroxyl groups excluding tert-OH is 3. The van der Waals surface area contributed by atoms with Crippen LogP contribution < -0.4 is 11.5 Å². The highest BCUT2D eigenvalue weighted by molar-refractivity contribution is 4.93. The molecule has 1 fully saturated rings. The maximum Gasteiger partial charge on any atom is 0.172 e. The Morgan fingerprint density at radius 1 is 1.23 bits per heavy atom.